The van der Waals surface area contributed by atoms with Crippen molar-refractivity contribution < 1.29 is 17.9 Å². The van der Waals surface area contributed by atoms with Crippen molar-refractivity contribution >= 4 is 38.9 Å². The summed E-state index contributed by atoms with van der Waals surface area (Å²) in [7, 11) is -3.80. The van der Waals surface area contributed by atoms with Gasteiger partial charge in [0.05, 0.1) is 54.5 Å². The van der Waals surface area contributed by atoms with Gasteiger partial charge in [0.25, 0.3) is 5.91 Å². The van der Waals surface area contributed by atoms with Crippen LogP contribution >= 0.6 is 23.2 Å². The highest BCUT2D eigenvalue weighted by molar-refractivity contribution is 7.90. The molecule has 1 aliphatic heterocycles. The molecule has 42 heavy (non-hydrogen) atoms. The van der Waals surface area contributed by atoms with Crippen LogP contribution in [0.2, 0.25) is 10.0 Å². The third-order valence-corrected chi connectivity index (χ3v) is 9.30. The van der Waals surface area contributed by atoms with Crippen molar-refractivity contribution in [3.63, 3.8) is 0 Å². The Kier molecular flexibility index (Phi) is 9.97. The molecule has 0 bridgehead atoms. The first-order valence-corrected chi connectivity index (χ1v) is 16.1. The maximum atomic E-state index is 13.9. The summed E-state index contributed by atoms with van der Waals surface area (Å²) in [6, 6.07) is 23.4. The second-order valence-corrected chi connectivity index (χ2v) is 12.9. The van der Waals surface area contributed by atoms with Gasteiger partial charge in [-0.3, -0.25) is 9.69 Å². The van der Waals surface area contributed by atoms with Gasteiger partial charge in [-0.05, 0) is 29.3 Å². The van der Waals surface area contributed by atoms with Crippen molar-refractivity contribution in [3.8, 4) is 0 Å². The van der Waals surface area contributed by atoms with E-state index in [2.05, 4.69) is 9.88 Å². The van der Waals surface area contributed by atoms with Gasteiger partial charge in [0.15, 0.2) is 0 Å². The molecule has 3 aromatic carbocycles. The monoisotopic (exact) mass is 626 g/mol. The van der Waals surface area contributed by atoms with Gasteiger partial charge in [0.2, 0.25) is 15.0 Å². The Morgan fingerprint density at radius 2 is 1.60 bits per heavy atom. The Morgan fingerprint density at radius 3 is 2.26 bits per heavy atom. The lowest BCUT2D eigenvalue weighted by Crippen LogP contribution is -2.43. The fraction of sp³-hybridized carbons (Fsp3) is 0.290. The highest BCUT2D eigenvalue weighted by atomic mass is 35.5. The van der Waals surface area contributed by atoms with Gasteiger partial charge in [-0.1, -0.05) is 83.9 Å². The minimum atomic E-state index is -3.80. The zero-order chi connectivity index (χ0) is 29.5. The summed E-state index contributed by atoms with van der Waals surface area (Å²) in [5.41, 5.74) is 2.52. The lowest BCUT2D eigenvalue weighted by atomic mass is 10.2. The van der Waals surface area contributed by atoms with Crippen molar-refractivity contribution in [1.29, 1.82) is 0 Å². The molecular formula is C31H32Cl2N4O4S. The average Bonchev–Trinajstić information content (AvgIpc) is 3.39. The van der Waals surface area contributed by atoms with E-state index in [0.717, 1.165) is 18.7 Å². The number of morpholine rings is 1. The number of halogens is 2. The van der Waals surface area contributed by atoms with Gasteiger partial charge in [0.1, 0.15) is 0 Å². The van der Waals surface area contributed by atoms with Gasteiger partial charge >= 0.3 is 0 Å². The highest BCUT2D eigenvalue weighted by Crippen LogP contribution is 2.25. The Morgan fingerprint density at radius 1 is 0.929 bits per heavy atom. The Labute approximate surface area is 256 Å². The molecule has 1 fully saturated rings. The number of nitrogens with zero attached hydrogens (tertiary/aromatic N) is 4. The molecule has 1 aromatic heterocycles. The van der Waals surface area contributed by atoms with E-state index in [1.54, 1.807) is 46.0 Å². The fourth-order valence-corrected chi connectivity index (χ4v) is 6.91. The molecule has 0 atom stereocenters. The molecule has 1 amide bonds. The number of benzene rings is 3. The molecule has 0 N–H and O–H groups in total. The second kappa shape index (κ2) is 13.8. The number of imidazole rings is 1. The van der Waals surface area contributed by atoms with Gasteiger partial charge in [0, 0.05) is 31.2 Å². The Bertz CT molecular complexity index is 1610. The average molecular weight is 628 g/mol. The Hall–Kier alpha value is -3.21. The molecular weight excluding hydrogens is 595 g/mol. The first-order valence-electron chi connectivity index (χ1n) is 13.7. The lowest BCUT2D eigenvalue weighted by molar-refractivity contribution is 0.0319. The number of hydrogen-bond donors (Lipinski definition) is 0. The zero-order valence-electron chi connectivity index (χ0n) is 23.0. The molecule has 1 saturated heterocycles. The molecule has 8 nitrogen and oxygen atoms in total. The van der Waals surface area contributed by atoms with E-state index in [-0.39, 0.29) is 34.9 Å². The van der Waals surface area contributed by atoms with Crippen LogP contribution in [0.4, 0.5) is 0 Å². The van der Waals surface area contributed by atoms with Gasteiger partial charge in [-0.15, -0.1) is 0 Å². The summed E-state index contributed by atoms with van der Waals surface area (Å²) in [4.78, 5) is 22.2. The van der Waals surface area contributed by atoms with Crippen LogP contribution in [0.15, 0.2) is 90.2 Å². The van der Waals surface area contributed by atoms with Gasteiger partial charge in [-0.25, -0.2) is 13.4 Å². The van der Waals surface area contributed by atoms with E-state index >= 15 is 0 Å². The molecule has 0 spiro atoms. The minimum Gasteiger partial charge on any atom is -0.379 e. The molecule has 0 unspecified atom stereocenters. The van der Waals surface area contributed by atoms with E-state index in [4.69, 9.17) is 27.9 Å². The van der Waals surface area contributed by atoms with Gasteiger partial charge in [-0.2, -0.15) is 0 Å². The number of carbonyl (C=O) groups excluding carboxylic acids is 1. The molecule has 0 saturated carbocycles. The molecule has 4 aromatic rings. The predicted octanol–water partition coefficient (Wildman–Crippen LogP) is 5.19. The van der Waals surface area contributed by atoms with Crippen molar-refractivity contribution in [2.45, 2.75) is 24.0 Å². The topological polar surface area (TPSA) is 84.7 Å². The van der Waals surface area contributed by atoms with Crippen LogP contribution in [-0.4, -0.2) is 73.1 Å². The van der Waals surface area contributed by atoms with E-state index in [0.29, 0.717) is 48.1 Å². The van der Waals surface area contributed by atoms with Crippen molar-refractivity contribution in [2.75, 3.05) is 39.4 Å². The van der Waals surface area contributed by atoms with E-state index in [1.807, 2.05) is 48.5 Å². The second-order valence-electron chi connectivity index (χ2n) is 10.2. The van der Waals surface area contributed by atoms with Crippen molar-refractivity contribution in [1.82, 2.24) is 19.4 Å². The van der Waals surface area contributed by atoms with Crippen molar-refractivity contribution in [3.05, 3.63) is 117 Å². The van der Waals surface area contributed by atoms with Crippen molar-refractivity contribution in [2.24, 2.45) is 0 Å². The molecule has 220 valence electrons. The smallest absolute Gasteiger partial charge is 0.255 e. The van der Waals surface area contributed by atoms with Crippen LogP contribution in [-0.2, 0) is 33.4 Å². The molecule has 5 rings (SSSR count). The summed E-state index contributed by atoms with van der Waals surface area (Å²) < 4.78 is 34.5. The molecule has 1 aliphatic rings. The molecule has 11 heteroatoms. The van der Waals surface area contributed by atoms with E-state index in [1.165, 1.54) is 0 Å². The third kappa shape index (κ3) is 7.59. The number of hydrogen-bond acceptors (Lipinski definition) is 6. The summed E-state index contributed by atoms with van der Waals surface area (Å²) in [5.74, 6) is -0.454. The molecule has 2 heterocycles. The largest absolute Gasteiger partial charge is 0.379 e. The quantitative estimate of drug-likeness (QED) is 0.228. The lowest BCUT2D eigenvalue weighted by Gasteiger charge is -2.30. The van der Waals surface area contributed by atoms with Crippen LogP contribution in [0.5, 0.6) is 0 Å². The highest BCUT2D eigenvalue weighted by Gasteiger charge is 2.27. The molecule has 0 aliphatic carbocycles. The van der Waals surface area contributed by atoms with Gasteiger partial charge < -0.3 is 14.2 Å². The maximum absolute atomic E-state index is 13.9. The van der Waals surface area contributed by atoms with E-state index < -0.39 is 9.84 Å². The van der Waals surface area contributed by atoms with Crippen LogP contribution in [0.1, 0.15) is 27.2 Å². The third-order valence-electron chi connectivity index (χ3n) is 7.15. The SMILES string of the molecule is O=C(c1ccc(Cl)cc1Cl)N(CCN1CCOCC1)Cc1cnc(S(=O)(=O)Cc2ccccc2)n1Cc1ccccc1. The molecule has 0 radical (unpaired) electrons. The maximum Gasteiger partial charge on any atom is 0.255 e. The number of rotatable bonds is 11. The summed E-state index contributed by atoms with van der Waals surface area (Å²) in [6.07, 6.45) is 1.55. The van der Waals surface area contributed by atoms with E-state index in [9.17, 15) is 13.2 Å². The normalized spacial score (nSPS) is 14.1. The number of ether oxygens (including phenoxy) is 1. The fourth-order valence-electron chi connectivity index (χ4n) is 4.93. The zero-order valence-corrected chi connectivity index (χ0v) is 25.4. The summed E-state index contributed by atoms with van der Waals surface area (Å²) in [5, 5.41) is 0.661. The van der Waals surface area contributed by atoms with Crippen LogP contribution in [0.25, 0.3) is 0 Å². The standard InChI is InChI=1S/C31H32Cl2N4O4S/c32-26-11-12-28(29(33)19-26)30(38)36(14-13-35-15-17-41-18-16-35)22-27-20-34-31(37(27)21-24-7-3-1-4-8-24)42(39,40)23-25-9-5-2-6-10-25/h1-12,19-20H,13-18,21-23H2. The first kappa shape index (κ1) is 30.3. The van der Waals surface area contributed by atoms with Crippen LogP contribution in [0, 0.1) is 0 Å². The minimum absolute atomic E-state index is 0.0321. The summed E-state index contributed by atoms with van der Waals surface area (Å²) >= 11 is 12.5. The Balaban J connectivity index is 1.49. The number of carbonyl (C=O) groups is 1. The van der Waals surface area contributed by atoms with Crippen LogP contribution in [0.3, 0.4) is 0 Å². The number of amides is 1. The number of aromatic nitrogens is 2. The first-order chi connectivity index (χ1) is 20.3. The summed E-state index contributed by atoms with van der Waals surface area (Å²) in [6.45, 7) is 4.30. The predicted molar refractivity (Wildman–Crippen MR) is 164 cm³/mol. The number of sulfone groups is 1. The van der Waals surface area contributed by atoms with Crippen LogP contribution < -0.4 is 0 Å².